The number of hydrogen-bond acceptors (Lipinski definition) is 6. The number of rotatable bonds is 6. The minimum atomic E-state index is -0.580. The molecule has 36 heavy (non-hydrogen) atoms. The standard InChI is InChI=1S/C27H36N4O3.2ClH/c1-29-14-15-31(19-22(32)18-30-13-10-20-4-2-3-5-21(20)17-30)27(33)25-7-6-24(16-26(25)29)34-23-8-11-28-12-9-23;;/h2-7,16,22-23,28,32H,8-15,17-19H2,1H3;2*1H. The van der Waals surface area contributed by atoms with Gasteiger partial charge < -0.3 is 25.0 Å². The lowest BCUT2D eigenvalue weighted by Crippen LogP contribution is -2.44. The van der Waals surface area contributed by atoms with Crippen LogP contribution < -0.4 is 15.0 Å². The third-order valence-corrected chi connectivity index (χ3v) is 7.30. The molecule has 7 nitrogen and oxygen atoms in total. The van der Waals surface area contributed by atoms with Crippen molar-refractivity contribution in [2.24, 2.45) is 0 Å². The number of nitrogens with one attached hydrogen (secondary N) is 1. The monoisotopic (exact) mass is 536 g/mol. The number of halogens is 2. The number of amides is 1. The third-order valence-electron chi connectivity index (χ3n) is 7.30. The van der Waals surface area contributed by atoms with Gasteiger partial charge in [0.25, 0.3) is 5.91 Å². The first-order valence-corrected chi connectivity index (χ1v) is 12.6. The molecule has 0 saturated carbocycles. The second kappa shape index (κ2) is 13.0. The van der Waals surface area contributed by atoms with Gasteiger partial charge in [-0.15, -0.1) is 24.8 Å². The fourth-order valence-corrected chi connectivity index (χ4v) is 5.34. The molecule has 1 saturated heterocycles. The number of aliphatic hydroxyl groups is 1. The molecule has 0 spiro atoms. The first kappa shape index (κ1) is 28.5. The molecule has 3 aliphatic heterocycles. The number of β-amino-alcohol motifs (C(OH)–C–C–N with tert-alkyl or cyclic N) is 1. The molecule has 0 aliphatic carbocycles. The van der Waals surface area contributed by atoms with Crippen LogP contribution in [0.25, 0.3) is 0 Å². The van der Waals surface area contributed by atoms with E-state index in [4.69, 9.17) is 4.74 Å². The van der Waals surface area contributed by atoms with Gasteiger partial charge in [0.05, 0.1) is 17.4 Å². The molecular formula is C27H38Cl2N4O3. The van der Waals surface area contributed by atoms with Gasteiger partial charge in [0.15, 0.2) is 0 Å². The number of nitrogens with zero attached hydrogens (tertiary/aromatic N) is 3. The minimum Gasteiger partial charge on any atom is -0.490 e. The normalized spacial score (nSPS) is 19.3. The van der Waals surface area contributed by atoms with Crippen LogP contribution in [0, 0.1) is 0 Å². The first-order chi connectivity index (χ1) is 16.6. The topological polar surface area (TPSA) is 68.3 Å². The van der Waals surface area contributed by atoms with Gasteiger partial charge in [-0.3, -0.25) is 9.69 Å². The Morgan fingerprint density at radius 2 is 1.78 bits per heavy atom. The van der Waals surface area contributed by atoms with Crippen molar-refractivity contribution in [3.8, 4) is 5.75 Å². The van der Waals surface area contributed by atoms with Gasteiger partial charge in [0.2, 0.25) is 0 Å². The second-order valence-corrected chi connectivity index (χ2v) is 9.83. The maximum Gasteiger partial charge on any atom is 0.256 e. The highest BCUT2D eigenvalue weighted by molar-refractivity contribution is 6.00. The van der Waals surface area contributed by atoms with Crippen molar-refractivity contribution in [2.45, 2.75) is 38.0 Å². The van der Waals surface area contributed by atoms with Crippen LogP contribution in [0.4, 0.5) is 5.69 Å². The van der Waals surface area contributed by atoms with Crippen molar-refractivity contribution in [3.05, 3.63) is 59.2 Å². The highest BCUT2D eigenvalue weighted by Gasteiger charge is 2.28. The summed E-state index contributed by atoms with van der Waals surface area (Å²) in [7, 11) is 2.02. The zero-order valence-electron chi connectivity index (χ0n) is 20.9. The molecule has 1 unspecified atom stereocenters. The Balaban J connectivity index is 0.00000180. The van der Waals surface area contributed by atoms with Gasteiger partial charge in [-0.1, -0.05) is 24.3 Å². The second-order valence-electron chi connectivity index (χ2n) is 9.83. The van der Waals surface area contributed by atoms with Crippen LogP contribution in [-0.2, 0) is 13.0 Å². The lowest BCUT2D eigenvalue weighted by molar-refractivity contribution is 0.0521. The van der Waals surface area contributed by atoms with Crippen LogP contribution in [0.1, 0.15) is 34.3 Å². The summed E-state index contributed by atoms with van der Waals surface area (Å²) < 4.78 is 6.21. The van der Waals surface area contributed by atoms with Crippen LogP contribution in [0.3, 0.4) is 0 Å². The fraction of sp³-hybridized carbons (Fsp3) is 0.519. The van der Waals surface area contributed by atoms with Gasteiger partial charge in [-0.05, 0) is 55.6 Å². The van der Waals surface area contributed by atoms with E-state index in [1.54, 1.807) is 4.90 Å². The molecule has 1 amide bonds. The highest BCUT2D eigenvalue weighted by Crippen LogP contribution is 2.30. The lowest BCUT2D eigenvalue weighted by atomic mass is 10.00. The van der Waals surface area contributed by atoms with Crippen molar-refractivity contribution >= 4 is 36.4 Å². The van der Waals surface area contributed by atoms with E-state index in [-0.39, 0.29) is 36.8 Å². The van der Waals surface area contributed by atoms with Crippen molar-refractivity contribution in [1.82, 2.24) is 15.1 Å². The molecule has 0 radical (unpaired) electrons. The Labute approximate surface area is 226 Å². The number of carbonyl (C=O) groups excluding carboxylic acids is 1. The third kappa shape index (κ3) is 6.64. The molecule has 9 heteroatoms. The number of ether oxygens (including phenoxy) is 1. The largest absolute Gasteiger partial charge is 0.490 e. The van der Waals surface area contributed by atoms with Crippen molar-refractivity contribution in [3.63, 3.8) is 0 Å². The molecule has 2 aromatic carbocycles. The smallest absolute Gasteiger partial charge is 0.256 e. The van der Waals surface area contributed by atoms with Crippen LogP contribution >= 0.6 is 24.8 Å². The number of hydrogen-bond donors (Lipinski definition) is 2. The summed E-state index contributed by atoms with van der Waals surface area (Å²) in [5.74, 6) is 0.806. The maximum absolute atomic E-state index is 13.4. The van der Waals surface area contributed by atoms with E-state index in [2.05, 4.69) is 39.4 Å². The number of likely N-dealkylation sites (N-methyl/N-ethyl adjacent to an activating group) is 1. The SMILES string of the molecule is CN1CCN(CC(O)CN2CCc3ccccc3C2)C(=O)c2ccc(OC3CCNCC3)cc21.Cl.Cl. The number of fused-ring (bicyclic) bond motifs is 2. The fourth-order valence-electron chi connectivity index (χ4n) is 5.34. The van der Waals surface area contributed by atoms with Gasteiger partial charge in [-0.25, -0.2) is 0 Å². The van der Waals surface area contributed by atoms with E-state index in [1.165, 1.54) is 11.1 Å². The first-order valence-electron chi connectivity index (χ1n) is 12.6. The lowest BCUT2D eigenvalue weighted by Gasteiger charge is -2.32. The zero-order chi connectivity index (χ0) is 23.5. The zero-order valence-corrected chi connectivity index (χ0v) is 22.5. The molecule has 2 aromatic rings. The maximum atomic E-state index is 13.4. The van der Waals surface area contributed by atoms with E-state index < -0.39 is 6.10 Å². The minimum absolute atomic E-state index is 0. The van der Waals surface area contributed by atoms with E-state index in [1.807, 2.05) is 25.2 Å². The number of aliphatic hydroxyl groups excluding tert-OH is 1. The molecular weight excluding hydrogens is 499 g/mol. The number of carbonyl (C=O) groups is 1. The van der Waals surface area contributed by atoms with Crippen LogP contribution in [0.2, 0.25) is 0 Å². The van der Waals surface area contributed by atoms with Crippen LogP contribution in [0.15, 0.2) is 42.5 Å². The Morgan fingerprint density at radius 3 is 2.56 bits per heavy atom. The molecule has 1 fully saturated rings. The van der Waals surface area contributed by atoms with Gasteiger partial charge in [0.1, 0.15) is 11.9 Å². The van der Waals surface area contributed by atoms with E-state index in [9.17, 15) is 9.90 Å². The summed E-state index contributed by atoms with van der Waals surface area (Å²) in [6.45, 7) is 5.99. The van der Waals surface area contributed by atoms with Crippen molar-refractivity contribution < 1.29 is 14.6 Å². The number of piperidine rings is 1. The molecule has 0 aromatic heterocycles. The summed E-state index contributed by atoms with van der Waals surface area (Å²) >= 11 is 0. The Kier molecular flexibility index (Phi) is 10.3. The molecule has 2 N–H and O–H groups in total. The molecule has 5 rings (SSSR count). The van der Waals surface area contributed by atoms with Crippen molar-refractivity contribution in [1.29, 1.82) is 0 Å². The van der Waals surface area contributed by atoms with E-state index >= 15 is 0 Å². The molecule has 3 heterocycles. The van der Waals surface area contributed by atoms with Gasteiger partial charge in [0, 0.05) is 52.4 Å². The predicted octanol–water partition coefficient (Wildman–Crippen LogP) is 2.97. The summed E-state index contributed by atoms with van der Waals surface area (Å²) in [6.07, 6.45) is 2.65. The average molecular weight is 538 g/mol. The summed E-state index contributed by atoms with van der Waals surface area (Å²) in [6, 6.07) is 14.3. The number of benzene rings is 2. The van der Waals surface area contributed by atoms with E-state index in [0.717, 1.165) is 63.4 Å². The average Bonchev–Trinajstić information content (AvgIpc) is 2.96. The van der Waals surface area contributed by atoms with Gasteiger partial charge in [-0.2, -0.15) is 0 Å². The Hall–Kier alpha value is -2.03. The molecule has 198 valence electrons. The van der Waals surface area contributed by atoms with Gasteiger partial charge >= 0.3 is 0 Å². The van der Waals surface area contributed by atoms with Crippen molar-refractivity contribution in [2.75, 3.05) is 57.8 Å². The predicted molar refractivity (Wildman–Crippen MR) is 148 cm³/mol. The summed E-state index contributed by atoms with van der Waals surface area (Å²) in [5, 5.41) is 14.2. The summed E-state index contributed by atoms with van der Waals surface area (Å²) in [4.78, 5) is 19.6. The molecule has 1 atom stereocenters. The Bertz CT molecular complexity index is 1020. The molecule has 0 bridgehead atoms. The quantitative estimate of drug-likeness (QED) is 0.591. The summed E-state index contributed by atoms with van der Waals surface area (Å²) in [5.41, 5.74) is 4.32. The highest BCUT2D eigenvalue weighted by atomic mass is 35.5. The van der Waals surface area contributed by atoms with Crippen LogP contribution in [0.5, 0.6) is 5.75 Å². The number of anilines is 1. The molecule has 3 aliphatic rings. The Morgan fingerprint density at radius 1 is 1.03 bits per heavy atom. The van der Waals surface area contributed by atoms with Crippen LogP contribution in [-0.4, -0.2) is 85.9 Å². The van der Waals surface area contributed by atoms with E-state index in [0.29, 0.717) is 25.2 Å².